The van der Waals surface area contributed by atoms with E-state index in [0.29, 0.717) is 17.6 Å². The van der Waals surface area contributed by atoms with E-state index in [-0.39, 0.29) is 29.6 Å². The molecular weight excluding hydrogens is 366 g/mol. The molecule has 1 aliphatic heterocycles. The Morgan fingerprint density at radius 2 is 1.97 bits per heavy atom. The molecule has 2 aromatic heterocycles. The molecule has 0 saturated carbocycles. The maximum Gasteiger partial charge on any atom is 0.297 e. The molecule has 1 fully saturated rings. The Balaban J connectivity index is 1.45. The minimum Gasteiger partial charge on any atom is -0.448 e. The van der Waals surface area contributed by atoms with E-state index >= 15 is 0 Å². The molecule has 1 aliphatic rings. The van der Waals surface area contributed by atoms with Gasteiger partial charge in [-0.3, -0.25) is 14.2 Å². The van der Waals surface area contributed by atoms with Crippen molar-refractivity contribution in [3.8, 4) is 0 Å². The summed E-state index contributed by atoms with van der Waals surface area (Å²) >= 11 is 0. The fourth-order valence-corrected chi connectivity index (χ4v) is 4.16. The number of rotatable bonds is 3. The first-order valence-electron chi connectivity index (χ1n) is 9.84. The number of hydrogen-bond donors (Lipinski definition) is 0. The van der Waals surface area contributed by atoms with E-state index in [1.165, 1.54) is 16.5 Å². The second-order valence-electron chi connectivity index (χ2n) is 7.61. The van der Waals surface area contributed by atoms with Crippen LogP contribution in [0.15, 0.2) is 64.1 Å². The van der Waals surface area contributed by atoms with Gasteiger partial charge in [0.2, 0.25) is 11.5 Å². The SMILES string of the molecule is Cc1ccc(C2CCCN2C(=O)Cn2cnc3c(oc4ccccc43)c2=O)cc1. The van der Waals surface area contributed by atoms with E-state index in [2.05, 4.69) is 36.2 Å². The lowest BCUT2D eigenvalue weighted by Crippen LogP contribution is -2.36. The Morgan fingerprint density at radius 1 is 1.17 bits per heavy atom. The number of carbonyl (C=O) groups is 1. The summed E-state index contributed by atoms with van der Waals surface area (Å²) in [6, 6.07) is 15.8. The minimum absolute atomic E-state index is 0.0405. The van der Waals surface area contributed by atoms with Gasteiger partial charge in [-0.2, -0.15) is 0 Å². The zero-order chi connectivity index (χ0) is 20.0. The minimum atomic E-state index is -0.328. The second kappa shape index (κ2) is 6.88. The molecule has 29 heavy (non-hydrogen) atoms. The van der Waals surface area contributed by atoms with Crippen molar-refractivity contribution in [1.29, 1.82) is 0 Å². The molecule has 0 N–H and O–H groups in total. The van der Waals surface area contributed by atoms with Gasteiger partial charge in [-0.15, -0.1) is 0 Å². The van der Waals surface area contributed by atoms with Crippen molar-refractivity contribution in [2.24, 2.45) is 0 Å². The van der Waals surface area contributed by atoms with Gasteiger partial charge in [-0.1, -0.05) is 42.0 Å². The van der Waals surface area contributed by atoms with E-state index in [1.54, 1.807) is 0 Å². The Bertz CT molecular complexity index is 1270. The maximum atomic E-state index is 13.0. The predicted molar refractivity (Wildman–Crippen MR) is 111 cm³/mol. The molecule has 5 rings (SSSR count). The van der Waals surface area contributed by atoms with Gasteiger partial charge in [0, 0.05) is 11.9 Å². The Hall–Kier alpha value is -3.41. The van der Waals surface area contributed by atoms with Crippen LogP contribution < -0.4 is 5.56 Å². The number of hydrogen-bond acceptors (Lipinski definition) is 4. The summed E-state index contributed by atoms with van der Waals surface area (Å²) in [5.74, 6) is -0.0764. The van der Waals surface area contributed by atoms with Gasteiger partial charge in [0.15, 0.2) is 0 Å². The molecule has 4 aromatic rings. The second-order valence-corrected chi connectivity index (χ2v) is 7.61. The molecule has 0 aliphatic carbocycles. The van der Waals surface area contributed by atoms with E-state index in [4.69, 9.17) is 4.42 Å². The first-order valence-corrected chi connectivity index (χ1v) is 9.84. The quantitative estimate of drug-likeness (QED) is 0.536. The van der Waals surface area contributed by atoms with E-state index in [1.807, 2.05) is 29.2 Å². The molecule has 1 unspecified atom stereocenters. The van der Waals surface area contributed by atoms with E-state index in [9.17, 15) is 9.59 Å². The molecule has 0 spiro atoms. The number of likely N-dealkylation sites (tertiary alicyclic amines) is 1. The highest BCUT2D eigenvalue weighted by molar-refractivity contribution is 6.01. The number of nitrogens with zero attached hydrogens (tertiary/aromatic N) is 3. The van der Waals surface area contributed by atoms with Gasteiger partial charge >= 0.3 is 0 Å². The number of furan rings is 1. The van der Waals surface area contributed by atoms with Gasteiger partial charge in [0.1, 0.15) is 17.6 Å². The van der Waals surface area contributed by atoms with Gasteiger partial charge < -0.3 is 9.32 Å². The van der Waals surface area contributed by atoms with Crippen LogP contribution in [0.2, 0.25) is 0 Å². The third-order valence-electron chi connectivity index (χ3n) is 5.69. The monoisotopic (exact) mass is 387 g/mol. The van der Waals surface area contributed by atoms with Crippen LogP contribution in [0, 0.1) is 6.92 Å². The first kappa shape index (κ1) is 17.7. The number of amides is 1. The molecule has 6 nitrogen and oxygen atoms in total. The standard InChI is InChI=1S/C23H21N3O3/c1-15-8-10-16(11-9-15)18-6-4-12-26(18)20(27)13-25-14-24-21-17-5-2-3-7-19(17)29-22(21)23(25)28/h2-3,5,7-11,14,18H,4,6,12-13H2,1H3. The number of fused-ring (bicyclic) bond motifs is 3. The van der Waals surface area contributed by atoms with Crippen LogP contribution >= 0.6 is 0 Å². The topological polar surface area (TPSA) is 68.3 Å². The third kappa shape index (κ3) is 3.01. The normalized spacial score (nSPS) is 16.7. The van der Waals surface area contributed by atoms with Crippen LogP contribution in [0.1, 0.15) is 30.0 Å². The Kier molecular flexibility index (Phi) is 4.19. The number of benzene rings is 2. The Labute approximate surface area is 167 Å². The van der Waals surface area contributed by atoms with E-state index in [0.717, 1.165) is 23.8 Å². The van der Waals surface area contributed by atoms with E-state index < -0.39 is 0 Å². The van der Waals surface area contributed by atoms with Gasteiger partial charge in [0.25, 0.3) is 5.56 Å². The molecule has 1 amide bonds. The van der Waals surface area contributed by atoms with Crippen molar-refractivity contribution in [1.82, 2.24) is 14.5 Å². The molecule has 1 saturated heterocycles. The summed E-state index contributed by atoms with van der Waals surface area (Å²) < 4.78 is 7.06. The van der Waals surface area contributed by atoms with Crippen molar-refractivity contribution >= 4 is 28.0 Å². The average molecular weight is 387 g/mol. The van der Waals surface area contributed by atoms with Crippen LogP contribution in [-0.4, -0.2) is 26.9 Å². The molecule has 146 valence electrons. The third-order valence-corrected chi connectivity index (χ3v) is 5.69. The zero-order valence-electron chi connectivity index (χ0n) is 16.2. The summed E-state index contributed by atoms with van der Waals surface area (Å²) in [4.78, 5) is 32.2. The number of para-hydroxylation sites is 1. The summed E-state index contributed by atoms with van der Waals surface area (Å²) in [5.41, 5.74) is 3.35. The van der Waals surface area contributed by atoms with Crippen LogP contribution in [0.3, 0.4) is 0 Å². The zero-order valence-corrected chi connectivity index (χ0v) is 16.2. The molecule has 0 bridgehead atoms. The lowest BCUT2D eigenvalue weighted by Gasteiger charge is -2.25. The highest BCUT2D eigenvalue weighted by atomic mass is 16.3. The molecular formula is C23H21N3O3. The van der Waals surface area contributed by atoms with Gasteiger partial charge in [-0.05, 0) is 37.5 Å². The molecule has 3 heterocycles. The Morgan fingerprint density at radius 3 is 2.79 bits per heavy atom. The van der Waals surface area contributed by atoms with Crippen molar-refractivity contribution < 1.29 is 9.21 Å². The maximum absolute atomic E-state index is 13.0. The van der Waals surface area contributed by atoms with Crippen LogP contribution in [0.5, 0.6) is 0 Å². The summed E-state index contributed by atoms with van der Waals surface area (Å²) in [6.07, 6.45) is 3.34. The largest absolute Gasteiger partial charge is 0.448 e. The molecule has 1 atom stereocenters. The molecule has 2 aromatic carbocycles. The average Bonchev–Trinajstić information content (AvgIpc) is 3.36. The van der Waals surface area contributed by atoms with Crippen LogP contribution in [0.4, 0.5) is 0 Å². The molecule has 6 heteroatoms. The smallest absolute Gasteiger partial charge is 0.297 e. The lowest BCUT2D eigenvalue weighted by atomic mass is 10.0. The van der Waals surface area contributed by atoms with Crippen molar-refractivity contribution in [2.45, 2.75) is 32.4 Å². The summed E-state index contributed by atoms with van der Waals surface area (Å²) in [7, 11) is 0. The molecule has 0 radical (unpaired) electrons. The van der Waals surface area contributed by atoms with Gasteiger partial charge in [0.05, 0.1) is 12.4 Å². The van der Waals surface area contributed by atoms with Crippen molar-refractivity contribution in [2.75, 3.05) is 6.54 Å². The summed E-state index contributed by atoms with van der Waals surface area (Å²) in [5, 5.41) is 0.803. The first-order chi connectivity index (χ1) is 14.1. The predicted octanol–water partition coefficient (Wildman–Crippen LogP) is 3.81. The number of aromatic nitrogens is 2. The highest BCUT2D eigenvalue weighted by Gasteiger charge is 2.30. The van der Waals surface area contributed by atoms with Crippen LogP contribution in [-0.2, 0) is 11.3 Å². The van der Waals surface area contributed by atoms with Crippen molar-refractivity contribution in [3.05, 3.63) is 76.3 Å². The van der Waals surface area contributed by atoms with Gasteiger partial charge in [-0.25, -0.2) is 4.98 Å². The highest BCUT2D eigenvalue weighted by Crippen LogP contribution is 2.32. The fourth-order valence-electron chi connectivity index (χ4n) is 4.16. The number of carbonyl (C=O) groups excluding carboxylic acids is 1. The van der Waals surface area contributed by atoms with Crippen molar-refractivity contribution in [3.63, 3.8) is 0 Å². The number of aryl methyl sites for hydroxylation is 1. The fraction of sp³-hybridized carbons (Fsp3) is 0.261. The lowest BCUT2D eigenvalue weighted by molar-refractivity contribution is -0.132. The summed E-state index contributed by atoms with van der Waals surface area (Å²) in [6.45, 7) is 2.71. The van der Waals surface area contributed by atoms with Crippen LogP contribution in [0.25, 0.3) is 22.1 Å².